The predicted octanol–water partition coefficient (Wildman–Crippen LogP) is 4.43. The van der Waals surface area contributed by atoms with Crippen molar-refractivity contribution in [1.82, 2.24) is 29.7 Å². The molecule has 0 atom stereocenters. The average Bonchev–Trinajstić information content (AvgIpc) is 2.99. The van der Waals surface area contributed by atoms with Gasteiger partial charge in [0.05, 0.1) is 13.2 Å². The second-order valence-electron chi connectivity index (χ2n) is 8.35. The fourth-order valence-corrected chi connectivity index (χ4v) is 3.62. The van der Waals surface area contributed by atoms with Gasteiger partial charge in [-0.05, 0) is 42.7 Å². The van der Waals surface area contributed by atoms with E-state index in [9.17, 15) is 0 Å². The molecular weight excluding hydrogens is 422 g/mol. The summed E-state index contributed by atoms with van der Waals surface area (Å²) in [6.45, 7) is 14.5. The van der Waals surface area contributed by atoms with Crippen molar-refractivity contribution in [3.63, 3.8) is 0 Å². The molecule has 3 aromatic rings. The van der Waals surface area contributed by atoms with Gasteiger partial charge in [0.25, 0.3) is 8.32 Å². The molecular formula is C19H28ClN7O2Si. The average molecular weight is 450 g/mol. The van der Waals surface area contributed by atoms with E-state index in [1.165, 1.54) is 6.33 Å². The van der Waals surface area contributed by atoms with E-state index in [0.717, 1.165) is 0 Å². The summed E-state index contributed by atoms with van der Waals surface area (Å²) in [5.74, 6) is 1.55. The number of halogens is 1. The van der Waals surface area contributed by atoms with Gasteiger partial charge in [0.1, 0.15) is 17.7 Å². The minimum atomic E-state index is -2.15. The Balaban J connectivity index is 2.11. The molecule has 0 radical (unpaired) electrons. The maximum atomic E-state index is 6.49. The van der Waals surface area contributed by atoms with Gasteiger partial charge >= 0.3 is 0 Å². The summed E-state index contributed by atoms with van der Waals surface area (Å²) in [4.78, 5) is 17.0. The number of anilines is 2. The quantitative estimate of drug-likeness (QED) is 0.306. The van der Waals surface area contributed by atoms with Crippen LogP contribution in [0.15, 0.2) is 18.6 Å². The van der Waals surface area contributed by atoms with Crippen LogP contribution in [0.2, 0.25) is 23.4 Å². The minimum absolute atomic E-state index is 0.00723. The summed E-state index contributed by atoms with van der Waals surface area (Å²) in [6, 6.07) is 1.75. The largest absolute Gasteiger partial charge is 0.528 e. The summed E-state index contributed by atoms with van der Waals surface area (Å²) >= 11 is 6.26. The topological polar surface area (TPSA) is 99.9 Å². The highest BCUT2D eigenvalue weighted by atomic mass is 35.5. The van der Waals surface area contributed by atoms with Crippen LogP contribution in [0, 0.1) is 0 Å². The van der Waals surface area contributed by atoms with Crippen LogP contribution in [0.25, 0.3) is 11.0 Å². The molecule has 0 fully saturated rings. The van der Waals surface area contributed by atoms with Gasteiger partial charge in [-0.3, -0.25) is 4.68 Å². The number of ether oxygens (including phenoxy) is 1. The first-order chi connectivity index (χ1) is 14.1. The van der Waals surface area contributed by atoms with Crippen LogP contribution in [0.5, 0.6) is 5.88 Å². The van der Waals surface area contributed by atoms with E-state index < -0.39 is 8.32 Å². The number of nitrogens with zero attached hydrogens (tertiary/aromatic N) is 6. The van der Waals surface area contributed by atoms with Gasteiger partial charge in [-0.2, -0.15) is 4.98 Å². The molecule has 30 heavy (non-hydrogen) atoms. The van der Waals surface area contributed by atoms with E-state index in [4.69, 9.17) is 25.9 Å². The molecule has 3 heterocycles. The summed E-state index contributed by atoms with van der Waals surface area (Å²) < 4.78 is 13.8. The predicted molar refractivity (Wildman–Crippen MR) is 120 cm³/mol. The standard InChI is InChI=1S/C19H28ClN7O2Si/c1-7-28-11-10-27-15-14(17(26-27)29-30(5,6)19(2,3)4)24-18(20)25-16(15)23-13-8-9-21-12-22-13/h8-9,12H,7,10-11H2,1-6H3,(H,21,22,23,24,25). The fraction of sp³-hybridized carbons (Fsp3) is 0.526. The van der Waals surface area contributed by atoms with Gasteiger partial charge in [-0.1, -0.05) is 20.8 Å². The molecule has 3 rings (SSSR count). The van der Waals surface area contributed by atoms with E-state index in [2.05, 4.69) is 59.1 Å². The molecule has 0 saturated heterocycles. The summed E-state index contributed by atoms with van der Waals surface area (Å²) in [5.41, 5.74) is 1.25. The van der Waals surface area contributed by atoms with E-state index >= 15 is 0 Å². The van der Waals surface area contributed by atoms with Crippen molar-refractivity contribution >= 4 is 42.6 Å². The second kappa shape index (κ2) is 8.82. The monoisotopic (exact) mass is 449 g/mol. The fourth-order valence-electron chi connectivity index (χ4n) is 2.52. The molecule has 3 aromatic heterocycles. The molecule has 11 heteroatoms. The third-order valence-electron chi connectivity index (χ3n) is 5.17. The molecule has 0 aliphatic rings. The van der Waals surface area contributed by atoms with Gasteiger partial charge in [-0.25, -0.2) is 15.0 Å². The molecule has 9 nitrogen and oxygen atoms in total. The van der Waals surface area contributed by atoms with Crippen LogP contribution in [0.4, 0.5) is 11.6 Å². The van der Waals surface area contributed by atoms with E-state index in [1.54, 1.807) is 16.9 Å². The van der Waals surface area contributed by atoms with Gasteiger partial charge in [0.2, 0.25) is 11.2 Å². The molecule has 0 spiro atoms. The Kier molecular flexibility index (Phi) is 6.58. The molecule has 0 aliphatic heterocycles. The number of hydrogen-bond acceptors (Lipinski definition) is 8. The van der Waals surface area contributed by atoms with Crippen molar-refractivity contribution in [3.8, 4) is 5.88 Å². The number of fused-ring (bicyclic) bond motifs is 1. The molecule has 0 bridgehead atoms. The number of hydrogen-bond donors (Lipinski definition) is 1. The Morgan fingerprint density at radius 3 is 2.63 bits per heavy atom. The molecule has 162 valence electrons. The van der Waals surface area contributed by atoms with Gasteiger partial charge in [0, 0.05) is 12.8 Å². The Morgan fingerprint density at radius 2 is 2.00 bits per heavy atom. The summed E-state index contributed by atoms with van der Waals surface area (Å²) in [6.07, 6.45) is 3.11. The Labute approximate surface area is 182 Å². The second-order valence-corrected chi connectivity index (χ2v) is 13.4. The first-order valence-electron chi connectivity index (χ1n) is 9.86. The summed E-state index contributed by atoms with van der Waals surface area (Å²) in [5, 5.41) is 8.02. The minimum Gasteiger partial charge on any atom is -0.528 e. The normalized spacial score (nSPS) is 12.4. The highest BCUT2D eigenvalue weighted by Gasteiger charge is 2.40. The van der Waals surface area contributed by atoms with Crippen LogP contribution in [0.3, 0.4) is 0 Å². The zero-order valence-electron chi connectivity index (χ0n) is 18.2. The van der Waals surface area contributed by atoms with Gasteiger partial charge in [0.15, 0.2) is 11.3 Å². The number of rotatable bonds is 8. The van der Waals surface area contributed by atoms with E-state index in [0.29, 0.717) is 48.3 Å². The van der Waals surface area contributed by atoms with E-state index in [1.807, 2.05) is 6.92 Å². The lowest BCUT2D eigenvalue weighted by molar-refractivity contribution is 0.137. The molecule has 0 aromatic carbocycles. The van der Waals surface area contributed by atoms with Gasteiger partial charge < -0.3 is 14.5 Å². The lowest BCUT2D eigenvalue weighted by Gasteiger charge is -2.35. The van der Waals surface area contributed by atoms with Gasteiger partial charge in [-0.15, -0.1) is 5.10 Å². The van der Waals surface area contributed by atoms with Crippen LogP contribution < -0.4 is 9.74 Å². The van der Waals surface area contributed by atoms with Crippen LogP contribution in [0.1, 0.15) is 27.7 Å². The summed E-state index contributed by atoms with van der Waals surface area (Å²) in [7, 11) is -2.15. The highest BCUT2D eigenvalue weighted by Crippen LogP contribution is 2.39. The van der Waals surface area contributed by atoms with Crippen molar-refractivity contribution in [1.29, 1.82) is 0 Å². The molecule has 0 saturated carbocycles. The van der Waals surface area contributed by atoms with Crippen molar-refractivity contribution < 1.29 is 9.16 Å². The Bertz CT molecular complexity index is 1010. The van der Waals surface area contributed by atoms with Crippen LogP contribution in [-0.4, -0.2) is 51.2 Å². The molecule has 0 aliphatic carbocycles. The number of nitrogens with one attached hydrogen (secondary N) is 1. The zero-order chi connectivity index (χ0) is 21.9. The Hall–Kier alpha value is -2.30. The lowest BCUT2D eigenvalue weighted by atomic mass is 10.2. The Morgan fingerprint density at radius 1 is 1.23 bits per heavy atom. The van der Waals surface area contributed by atoms with E-state index in [-0.39, 0.29) is 10.3 Å². The van der Waals surface area contributed by atoms with Crippen LogP contribution >= 0.6 is 11.6 Å². The van der Waals surface area contributed by atoms with Crippen molar-refractivity contribution in [2.45, 2.75) is 52.4 Å². The third kappa shape index (κ3) is 4.88. The number of aromatic nitrogens is 6. The maximum absolute atomic E-state index is 6.49. The van der Waals surface area contributed by atoms with Crippen molar-refractivity contribution in [2.24, 2.45) is 0 Å². The first-order valence-corrected chi connectivity index (χ1v) is 13.1. The highest BCUT2D eigenvalue weighted by molar-refractivity contribution is 6.74. The van der Waals surface area contributed by atoms with Crippen molar-refractivity contribution in [3.05, 3.63) is 23.9 Å². The first kappa shape index (κ1) is 22.4. The smallest absolute Gasteiger partial charge is 0.252 e. The molecule has 1 N–H and O–H groups in total. The zero-order valence-corrected chi connectivity index (χ0v) is 20.0. The molecule has 0 unspecified atom stereocenters. The SMILES string of the molecule is CCOCCn1nc(O[Si](C)(C)C(C)(C)C)c2nc(Cl)nc(Nc3ccncn3)c21. The maximum Gasteiger partial charge on any atom is 0.252 e. The third-order valence-corrected chi connectivity index (χ3v) is 9.65. The molecule has 0 amide bonds. The van der Waals surface area contributed by atoms with Crippen molar-refractivity contribution in [2.75, 3.05) is 18.5 Å². The lowest BCUT2D eigenvalue weighted by Crippen LogP contribution is -2.44. The van der Waals surface area contributed by atoms with Crippen LogP contribution in [-0.2, 0) is 11.3 Å².